The van der Waals surface area contributed by atoms with Gasteiger partial charge in [0.15, 0.2) is 5.79 Å². The third-order valence-electron chi connectivity index (χ3n) is 5.21. The first-order valence-electron chi connectivity index (χ1n) is 9.27. The van der Waals surface area contributed by atoms with Gasteiger partial charge in [0.05, 0.1) is 24.4 Å². The van der Waals surface area contributed by atoms with Crippen molar-refractivity contribution in [1.29, 1.82) is 0 Å². The van der Waals surface area contributed by atoms with Crippen molar-refractivity contribution in [3.8, 4) is 0 Å². The van der Waals surface area contributed by atoms with E-state index in [0.717, 1.165) is 54.2 Å². The molecule has 1 N–H and O–H groups in total. The summed E-state index contributed by atoms with van der Waals surface area (Å²) < 4.78 is 11.6. The van der Waals surface area contributed by atoms with E-state index in [0.29, 0.717) is 13.2 Å². The molecule has 3 aromatic rings. The normalized spacial score (nSPS) is 18.9. The van der Waals surface area contributed by atoms with Gasteiger partial charge in [-0.25, -0.2) is 9.97 Å². The molecule has 0 bridgehead atoms. The second-order valence-corrected chi connectivity index (χ2v) is 6.86. The smallest absolute Gasteiger partial charge is 0.171 e. The highest BCUT2D eigenvalue weighted by Crippen LogP contribution is 2.33. The van der Waals surface area contributed by atoms with Crippen LogP contribution >= 0.6 is 0 Å². The number of aromatic nitrogens is 3. The molecule has 2 aliphatic heterocycles. The Labute approximate surface area is 157 Å². The van der Waals surface area contributed by atoms with Gasteiger partial charge >= 0.3 is 0 Å². The van der Waals surface area contributed by atoms with Gasteiger partial charge < -0.3 is 19.7 Å². The number of benzene rings is 1. The molecule has 1 spiro atoms. The molecule has 0 radical (unpaired) electrons. The van der Waals surface area contributed by atoms with Gasteiger partial charge in [0.2, 0.25) is 0 Å². The predicted molar refractivity (Wildman–Crippen MR) is 103 cm³/mol. The lowest BCUT2D eigenvalue weighted by Gasteiger charge is -2.38. The maximum atomic E-state index is 5.81. The molecule has 0 atom stereocenters. The molecule has 0 aliphatic carbocycles. The van der Waals surface area contributed by atoms with E-state index in [1.807, 2.05) is 24.3 Å². The molecule has 5 rings (SSSR count). The van der Waals surface area contributed by atoms with Gasteiger partial charge in [-0.15, -0.1) is 0 Å². The third-order valence-corrected chi connectivity index (χ3v) is 5.21. The topological polar surface area (TPSA) is 72.4 Å². The van der Waals surface area contributed by atoms with E-state index in [4.69, 9.17) is 9.47 Å². The summed E-state index contributed by atoms with van der Waals surface area (Å²) >= 11 is 0. The summed E-state index contributed by atoms with van der Waals surface area (Å²) in [5.41, 5.74) is 1.86. The maximum absolute atomic E-state index is 5.81. The molecule has 2 aliphatic rings. The first kappa shape index (κ1) is 16.4. The van der Waals surface area contributed by atoms with Gasteiger partial charge in [-0.05, 0) is 12.1 Å². The fourth-order valence-electron chi connectivity index (χ4n) is 3.79. The molecule has 0 unspecified atom stereocenters. The molecule has 27 heavy (non-hydrogen) atoms. The SMILES string of the molecule is c1cnc2c(Nc3cc(N4CCC5(CC4)OCCO5)ncn3)cccc2c1. The van der Waals surface area contributed by atoms with Crippen LogP contribution in [-0.2, 0) is 9.47 Å². The highest BCUT2D eigenvalue weighted by Gasteiger charge is 2.40. The van der Waals surface area contributed by atoms with E-state index in [-0.39, 0.29) is 5.79 Å². The number of hydrogen-bond acceptors (Lipinski definition) is 7. The zero-order chi connectivity index (χ0) is 18.1. The van der Waals surface area contributed by atoms with Crippen molar-refractivity contribution in [3.63, 3.8) is 0 Å². The van der Waals surface area contributed by atoms with Crippen LogP contribution in [0.15, 0.2) is 48.9 Å². The molecule has 138 valence electrons. The average Bonchev–Trinajstić information content (AvgIpc) is 3.17. The Morgan fingerprint density at radius 1 is 0.963 bits per heavy atom. The summed E-state index contributed by atoms with van der Waals surface area (Å²) in [5.74, 6) is 1.29. The van der Waals surface area contributed by atoms with Gasteiger partial charge in [-0.3, -0.25) is 4.98 Å². The largest absolute Gasteiger partial charge is 0.356 e. The Hall–Kier alpha value is -2.77. The number of hydrogen-bond donors (Lipinski definition) is 1. The summed E-state index contributed by atoms with van der Waals surface area (Å²) in [6.45, 7) is 3.10. The Kier molecular flexibility index (Phi) is 4.10. The van der Waals surface area contributed by atoms with Crippen LogP contribution in [0, 0.1) is 0 Å². The number of nitrogens with one attached hydrogen (secondary N) is 1. The van der Waals surface area contributed by atoms with Crippen LogP contribution in [0.5, 0.6) is 0 Å². The molecular formula is C20H21N5O2. The van der Waals surface area contributed by atoms with Crippen molar-refractivity contribution in [3.05, 3.63) is 48.9 Å². The zero-order valence-electron chi connectivity index (χ0n) is 15.0. The van der Waals surface area contributed by atoms with Crippen molar-refractivity contribution in [1.82, 2.24) is 15.0 Å². The number of fused-ring (bicyclic) bond motifs is 1. The first-order valence-corrected chi connectivity index (χ1v) is 9.27. The molecule has 4 heterocycles. The van der Waals surface area contributed by atoms with E-state index in [1.54, 1.807) is 12.5 Å². The number of pyridine rings is 1. The molecule has 1 aromatic carbocycles. The van der Waals surface area contributed by atoms with Crippen LogP contribution in [-0.4, -0.2) is 47.0 Å². The van der Waals surface area contributed by atoms with Crippen LogP contribution < -0.4 is 10.2 Å². The van der Waals surface area contributed by atoms with E-state index in [2.05, 4.69) is 37.3 Å². The second kappa shape index (κ2) is 6.75. The van der Waals surface area contributed by atoms with Gasteiger partial charge in [0, 0.05) is 43.6 Å². The molecular weight excluding hydrogens is 342 g/mol. The van der Waals surface area contributed by atoms with E-state index >= 15 is 0 Å². The summed E-state index contributed by atoms with van der Waals surface area (Å²) in [5, 5.41) is 4.48. The first-order chi connectivity index (χ1) is 13.3. The van der Waals surface area contributed by atoms with Crippen molar-refractivity contribution in [2.75, 3.05) is 36.5 Å². The summed E-state index contributed by atoms with van der Waals surface area (Å²) in [6, 6.07) is 12.0. The Balaban J connectivity index is 1.35. The predicted octanol–water partition coefficient (Wildman–Crippen LogP) is 3.11. The Morgan fingerprint density at radius 2 is 1.78 bits per heavy atom. The molecule has 7 nitrogen and oxygen atoms in total. The lowest BCUT2D eigenvalue weighted by Crippen LogP contribution is -2.45. The Morgan fingerprint density at radius 3 is 2.63 bits per heavy atom. The van der Waals surface area contributed by atoms with Gasteiger partial charge in [0.1, 0.15) is 18.0 Å². The van der Waals surface area contributed by atoms with Crippen LogP contribution in [0.2, 0.25) is 0 Å². The van der Waals surface area contributed by atoms with E-state index in [1.165, 1.54) is 0 Å². The standard InChI is InChI=1S/C20H21N5O2/c1-3-15-4-2-8-21-19(15)16(5-1)24-17-13-18(23-14-22-17)25-9-6-20(7-10-25)26-11-12-27-20/h1-5,8,13-14H,6-7,9-12H2,(H,22,23,24). The van der Waals surface area contributed by atoms with E-state index in [9.17, 15) is 0 Å². The molecule has 2 fully saturated rings. The molecule has 2 saturated heterocycles. The molecule has 0 amide bonds. The zero-order valence-corrected chi connectivity index (χ0v) is 15.0. The van der Waals surface area contributed by atoms with E-state index < -0.39 is 0 Å². The average molecular weight is 363 g/mol. The van der Waals surface area contributed by atoms with Gasteiger partial charge in [-0.2, -0.15) is 0 Å². The lowest BCUT2D eigenvalue weighted by atomic mass is 10.0. The minimum atomic E-state index is -0.376. The monoisotopic (exact) mass is 363 g/mol. The third kappa shape index (κ3) is 3.20. The number of piperidine rings is 1. The van der Waals surface area contributed by atoms with Crippen LogP contribution in [0.1, 0.15) is 12.8 Å². The van der Waals surface area contributed by atoms with Gasteiger partial charge in [0.25, 0.3) is 0 Å². The van der Waals surface area contributed by atoms with Crippen molar-refractivity contribution in [2.45, 2.75) is 18.6 Å². The summed E-state index contributed by atoms with van der Waals surface area (Å²) in [7, 11) is 0. The van der Waals surface area contributed by atoms with Crippen LogP contribution in [0.25, 0.3) is 10.9 Å². The lowest BCUT2D eigenvalue weighted by molar-refractivity contribution is -0.169. The number of anilines is 3. The molecule has 2 aromatic heterocycles. The maximum Gasteiger partial charge on any atom is 0.171 e. The van der Waals surface area contributed by atoms with Crippen molar-refractivity contribution >= 4 is 28.2 Å². The van der Waals surface area contributed by atoms with Gasteiger partial charge in [-0.1, -0.05) is 18.2 Å². The minimum Gasteiger partial charge on any atom is -0.356 e. The summed E-state index contributed by atoms with van der Waals surface area (Å²) in [6.07, 6.45) is 5.11. The second-order valence-electron chi connectivity index (χ2n) is 6.86. The number of nitrogens with zero attached hydrogens (tertiary/aromatic N) is 4. The number of rotatable bonds is 3. The van der Waals surface area contributed by atoms with Crippen LogP contribution in [0.4, 0.5) is 17.3 Å². The highest BCUT2D eigenvalue weighted by atomic mass is 16.7. The quantitative estimate of drug-likeness (QED) is 0.766. The summed E-state index contributed by atoms with van der Waals surface area (Å²) in [4.78, 5) is 15.6. The van der Waals surface area contributed by atoms with Crippen molar-refractivity contribution < 1.29 is 9.47 Å². The fourth-order valence-corrected chi connectivity index (χ4v) is 3.79. The fraction of sp³-hybridized carbons (Fsp3) is 0.350. The Bertz CT molecular complexity index is 943. The highest BCUT2D eigenvalue weighted by molar-refractivity contribution is 5.91. The van der Waals surface area contributed by atoms with Crippen LogP contribution in [0.3, 0.4) is 0 Å². The molecule has 7 heteroatoms. The molecule has 0 saturated carbocycles. The number of para-hydroxylation sites is 1. The van der Waals surface area contributed by atoms with Crippen molar-refractivity contribution in [2.24, 2.45) is 0 Å². The number of ether oxygens (including phenoxy) is 2. The minimum absolute atomic E-state index is 0.376.